The van der Waals surface area contributed by atoms with Gasteiger partial charge in [-0.25, -0.2) is 4.79 Å². The lowest BCUT2D eigenvalue weighted by Gasteiger charge is -2.37. The molecule has 0 aromatic carbocycles. The molecule has 0 saturated carbocycles. The molecular formula is C17H30N4O2. The van der Waals surface area contributed by atoms with Gasteiger partial charge < -0.3 is 15.0 Å². The molecule has 1 saturated heterocycles. The van der Waals surface area contributed by atoms with E-state index in [0.717, 1.165) is 11.3 Å². The van der Waals surface area contributed by atoms with Crippen molar-refractivity contribution in [2.75, 3.05) is 13.2 Å². The molecule has 1 aromatic heterocycles. The van der Waals surface area contributed by atoms with Crippen LogP contribution in [0.1, 0.15) is 58.8 Å². The lowest BCUT2D eigenvalue weighted by molar-refractivity contribution is -0.0320. The van der Waals surface area contributed by atoms with Crippen LogP contribution in [0.25, 0.3) is 0 Å². The number of aromatic nitrogens is 2. The summed E-state index contributed by atoms with van der Waals surface area (Å²) in [6, 6.07) is -0.0243. The maximum Gasteiger partial charge on any atom is 0.318 e. The Morgan fingerprint density at radius 2 is 2.09 bits per heavy atom. The molecule has 2 heterocycles. The topological polar surface area (TPSA) is 59.4 Å². The summed E-state index contributed by atoms with van der Waals surface area (Å²) in [5, 5.41) is 7.68. The van der Waals surface area contributed by atoms with E-state index < -0.39 is 0 Å². The van der Waals surface area contributed by atoms with Crippen LogP contribution in [0.2, 0.25) is 0 Å². The van der Waals surface area contributed by atoms with Gasteiger partial charge in [-0.05, 0) is 48.5 Å². The maximum atomic E-state index is 12.6. The van der Waals surface area contributed by atoms with Crippen LogP contribution in [0.5, 0.6) is 0 Å². The van der Waals surface area contributed by atoms with Crippen molar-refractivity contribution in [3.05, 3.63) is 17.5 Å². The van der Waals surface area contributed by atoms with Gasteiger partial charge in [-0.15, -0.1) is 0 Å². The minimum absolute atomic E-state index is 0.0388. The van der Waals surface area contributed by atoms with Crippen LogP contribution in [0.15, 0.2) is 6.20 Å². The van der Waals surface area contributed by atoms with Crippen molar-refractivity contribution >= 4 is 6.03 Å². The van der Waals surface area contributed by atoms with E-state index in [2.05, 4.69) is 31.2 Å². The monoisotopic (exact) mass is 322 g/mol. The van der Waals surface area contributed by atoms with Crippen molar-refractivity contribution in [3.63, 3.8) is 0 Å². The van der Waals surface area contributed by atoms with Gasteiger partial charge in [-0.1, -0.05) is 0 Å². The second-order valence-electron chi connectivity index (χ2n) is 7.60. The number of morpholine rings is 1. The van der Waals surface area contributed by atoms with Gasteiger partial charge in [0.25, 0.3) is 0 Å². The second-order valence-corrected chi connectivity index (χ2v) is 7.60. The lowest BCUT2D eigenvalue weighted by atomic mass is 10.1. The van der Waals surface area contributed by atoms with Crippen LogP contribution in [-0.2, 0) is 10.3 Å². The molecule has 1 aliphatic rings. The van der Waals surface area contributed by atoms with Crippen LogP contribution in [0.4, 0.5) is 4.79 Å². The van der Waals surface area contributed by atoms with E-state index in [0.29, 0.717) is 13.2 Å². The highest BCUT2D eigenvalue weighted by atomic mass is 16.5. The van der Waals surface area contributed by atoms with Gasteiger partial charge in [0.05, 0.1) is 36.0 Å². The van der Waals surface area contributed by atoms with E-state index in [-0.39, 0.29) is 29.8 Å². The van der Waals surface area contributed by atoms with Crippen LogP contribution in [0, 0.1) is 6.92 Å². The third kappa shape index (κ3) is 4.05. The number of hydrogen-bond donors (Lipinski definition) is 1. The van der Waals surface area contributed by atoms with Crippen LogP contribution < -0.4 is 5.32 Å². The quantitative estimate of drug-likeness (QED) is 0.911. The molecule has 6 nitrogen and oxygen atoms in total. The van der Waals surface area contributed by atoms with Gasteiger partial charge in [-0.3, -0.25) is 4.68 Å². The molecule has 0 aliphatic carbocycles. The number of hydrogen-bond acceptors (Lipinski definition) is 3. The molecule has 130 valence electrons. The van der Waals surface area contributed by atoms with E-state index in [4.69, 9.17) is 4.74 Å². The summed E-state index contributed by atoms with van der Waals surface area (Å²) in [5.74, 6) is 0. The highest BCUT2D eigenvalue weighted by Gasteiger charge is 2.29. The summed E-state index contributed by atoms with van der Waals surface area (Å²) in [4.78, 5) is 14.4. The summed E-state index contributed by atoms with van der Waals surface area (Å²) in [6.45, 7) is 15.6. The molecule has 1 fully saturated rings. The maximum absolute atomic E-state index is 12.6. The van der Waals surface area contributed by atoms with Gasteiger partial charge in [0.15, 0.2) is 0 Å². The van der Waals surface area contributed by atoms with E-state index in [1.807, 2.05) is 43.5 Å². The van der Waals surface area contributed by atoms with E-state index in [9.17, 15) is 4.79 Å². The number of carbonyl (C=O) groups excluding carboxylic acids is 1. The summed E-state index contributed by atoms with van der Waals surface area (Å²) in [6.07, 6.45) is 2.11. The fourth-order valence-electron chi connectivity index (χ4n) is 2.77. The standard InChI is InChI=1S/C17H30N4O2/c1-11-10-23-12(2)8-20(11)16(22)18-13(3)15-9-21(17(5,6)7)19-14(15)4/h9,11-13H,8,10H2,1-7H3,(H,18,22)/t11-,12-,13-/m0/s1. The van der Waals surface area contributed by atoms with Crippen molar-refractivity contribution in [1.29, 1.82) is 0 Å². The first-order chi connectivity index (χ1) is 10.6. The third-order valence-corrected chi connectivity index (χ3v) is 4.30. The van der Waals surface area contributed by atoms with Crippen molar-refractivity contribution < 1.29 is 9.53 Å². The Labute approximate surface area is 139 Å². The molecule has 2 amide bonds. The van der Waals surface area contributed by atoms with Crippen LogP contribution >= 0.6 is 0 Å². The van der Waals surface area contributed by atoms with Crippen LogP contribution in [-0.4, -0.2) is 46.0 Å². The first-order valence-corrected chi connectivity index (χ1v) is 8.35. The van der Waals surface area contributed by atoms with E-state index in [1.165, 1.54) is 0 Å². The summed E-state index contributed by atoms with van der Waals surface area (Å²) >= 11 is 0. The van der Waals surface area contributed by atoms with E-state index >= 15 is 0 Å². The highest BCUT2D eigenvalue weighted by molar-refractivity contribution is 5.75. The SMILES string of the molecule is Cc1nn(C(C)(C)C)cc1[C@H](C)NC(=O)N1C[C@H](C)OC[C@@H]1C. The molecule has 0 radical (unpaired) electrons. The zero-order valence-corrected chi connectivity index (χ0v) is 15.4. The summed E-state index contributed by atoms with van der Waals surface area (Å²) in [7, 11) is 0. The molecule has 1 aliphatic heterocycles. The van der Waals surface area contributed by atoms with E-state index in [1.54, 1.807) is 0 Å². The first kappa shape index (κ1) is 17.8. The van der Waals surface area contributed by atoms with Gasteiger partial charge >= 0.3 is 6.03 Å². The fraction of sp³-hybridized carbons (Fsp3) is 0.765. The molecule has 0 bridgehead atoms. The number of ether oxygens (including phenoxy) is 1. The van der Waals surface area contributed by atoms with Crippen molar-refractivity contribution in [2.45, 2.75) is 72.2 Å². The van der Waals surface area contributed by atoms with Gasteiger partial charge in [0.1, 0.15) is 0 Å². The normalized spacial score (nSPS) is 23.7. The minimum Gasteiger partial charge on any atom is -0.375 e. The summed E-state index contributed by atoms with van der Waals surface area (Å²) < 4.78 is 7.54. The number of aryl methyl sites for hydroxylation is 1. The van der Waals surface area contributed by atoms with Crippen molar-refractivity contribution in [1.82, 2.24) is 20.0 Å². The third-order valence-electron chi connectivity index (χ3n) is 4.30. The van der Waals surface area contributed by atoms with Crippen LogP contribution in [0.3, 0.4) is 0 Å². The van der Waals surface area contributed by atoms with Gasteiger partial charge in [-0.2, -0.15) is 5.10 Å². The Morgan fingerprint density at radius 3 is 2.65 bits per heavy atom. The molecular weight excluding hydrogens is 292 g/mol. The average Bonchev–Trinajstić information content (AvgIpc) is 2.83. The Kier molecular flexibility index (Phi) is 5.04. The highest BCUT2D eigenvalue weighted by Crippen LogP contribution is 2.22. The Balaban J connectivity index is 2.08. The Hall–Kier alpha value is -1.56. The molecule has 2 rings (SSSR count). The fourth-order valence-corrected chi connectivity index (χ4v) is 2.77. The van der Waals surface area contributed by atoms with Crippen molar-refractivity contribution in [3.8, 4) is 0 Å². The smallest absolute Gasteiger partial charge is 0.318 e. The number of carbonyl (C=O) groups is 1. The zero-order chi connectivity index (χ0) is 17.4. The van der Waals surface area contributed by atoms with Gasteiger partial charge in [0, 0.05) is 18.3 Å². The predicted octanol–water partition coefficient (Wildman–Crippen LogP) is 2.83. The zero-order valence-electron chi connectivity index (χ0n) is 15.4. The Bertz CT molecular complexity index is 561. The summed E-state index contributed by atoms with van der Waals surface area (Å²) in [5.41, 5.74) is 1.94. The largest absolute Gasteiger partial charge is 0.375 e. The number of nitrogens with one attached hydrogen (secondary N) is 1. The molecule has 3 atom stereocenters. The van der Waals surface area contributed by atoms with Crippen molar-refractivity contribution in [2.24, 2.45) is 0 Å². The lowest BCUT2D eigenvalue weighted by Crippen LogP contribution is -2.53. The molecule has 0 spiro atoms. The molecule has 1 aromatic rings. The minimum atomic E-state index is -0.0797. The predicted molar refractivity (Wildman–Crippen MR) is 90.5 cm³/mol. The number of nitrogens with zero attached hydrogens (tertiary/aromatic N) is 3. The second kappa shape index (κ2) is 6.51. The average molecular weight is 322 g/mol. The molecule has 6 heteroatoms. The molecule has 0 unspecified atom stereocenters. The van der Waals surface area contributed by atoms with Gasteiger partial charge in [0.2, 0.25) is 0 Å². The molecule has 1 N–H and O–H groups in total. The molecule has 23 heavy (non-hydrogen) atoms. The number of rotatable bonds is 2. The number of amides is 2. The Morgan fingerprint density at radius 1 is 1.43 bits per heavy atom. The first-order valence-electron chi connectivity index (χ1n) is 8.35. The number of urea groups is 1.